The molecule has 3 fully saturated rings. The van der Waals surface area contributed by atoms with Gasteiger partial charge in [-0.3, -0.25) is 0 Å². The topological polar surface area (TPSA) is 26.3 Å². The Morgan fingerprint density at radius 3 is 2.24 bits per heavy atom. The van der Waals surface area contributed by atoms with E-state index in [4.69, 9.17) is 4.74 Å². The smallest absolute Gasteiger partial charge is 0.333 e. The minimum absolute atomic E-state index is 0.156. The van der Waals surface area contributed by atoms with Gasteiger partial charge in [-0.05, 0) is 69.6 Å². The van der Waals surface area contributed by atoms with Crippen molar-refractivity contribution in [3.05, 3.63) is 12.2 Å². The fourth-order valence-electron chi connectivity index (χ4n) is 5.37. The van der Waals surface area contributed by atoms with Crippen LogP contribution in [0.15, 0.2) is 12.2 Å². The molecule has 0 N–H and O–H groups in total. The Kier molecular flexibility index (Phi) is 4.16. The van der Waals surface area contributed by atoms with E-state index in [1.54, 1.807) is 6.92 Å². The molecule has 0 aromatic rings. The molecule has 0 aliphatic heterocycles. The second kappa shape index (κ2) is 5.78. The Bertz CT molecular complexity index is 413. The van der Waals surface area contributed by atoms with Crippen LogP contribution >= 0.6 is 0 Å². The summed E-state index contributed by atoms with van der Waals surface area (Å²) in [5.74, 6) is 0.440. The second-order valence-corrected chi connectivity index (χ2v) is 7.95. The Balaban J connectivity index is 1.84. The quantitative estimate of drug-likeness (QED) is 0.529. The fourth-order valence-corrected chi connectivity index (χ4v) is 5.37. The van der Waals surface area contributed by atoms with E-state index in [9.17, 15) is 4.79 Å². The van der Waals surface area contributed by atoms with Gasteiger partial charge < -0.3 is 4.74 Å². The van der Waals surface area contributed by atoms with E-state index in [0.717, 1.165) is 12.8 Å². The van der Waals surface area contributed by atoms with Crippen molar-refractivity contribution in [1.29, 1.82) is 0 Å². The summed E-state index contributed by atoms with van der Waals surface area (Å²) in [6, 6.07) is 0. The van der Waals surface area contributed by atoms with Gasteiger partial charge in [0.25, 0.3) is 0 Å². The molecule has 3 saturated carbocycles. The maximum atomic E-state index is 12.3. The predicted molar refractivity (Wildman–Crippen MR) is 85.0 cm³/mol. The summed E-state index contributed by atoms with van der Waals surface area (Å²) in [6.07, 6.45) is 15.4. The Hall–Kier alpha value is -0.790. The summed E-state index contributed by atoms with van der Waals surface area (Å²) in [7, 11) is 0. The molecule has 1 spiro atoms. The van der Waals surface area contributed by atoms with E-state index in [-0.39, 0.29) is 11.6 Å². The van der Waals surface area contributed by atoms with E-state index in [0.29, 0.717) is 16.9 Å². The maximum absolute atomic E-state index is 12.3. The molecule has 2 nitrogen and oxygen atoms in total. The number of carbonyl (C=O) groups excluding carboxylic acids is 1. The number of hydrogen-bond acceptors (Lipinski definition) is 2. The zero-order chi connectivity index (χ0) is 14.9. The number of esters is 1. The van der Waals surface area contributed by atoms with E-state index in [2.05, 4.69) is 6.58 Å². The molecule has 0 aromatic heterocycles. The molecule has 0 saturated heterocycles. The van der Waals surface area contributed by atoms with Gasteiger partial charge in [-0.1, -0.05) is 32.3 Å². The van der Waals surface area contributed by atoms with Crippen LogP contribution in [0, 0.1) is 11.3 Å². The molecule has 118 valence electrons. The van der Waals surface area contributed by atoms with Crippen LogP contribution in [0.1, 0.15) is 84.0 Å². The highest BCUT2D eigenvalue weighted by Gasteiger charge is 2.52. The van der Waals surface area contributed by atoms with Crippen molar-refractivity contribution in [1.82, 2.24) is 0 Å². The van der Waals surface area contributed by atoms with Crippen molar-refractivity contribution in [2.24, 2.45) is 11.3 Å². The van der Waals surface area contributed by atoms with Crippen molar-refractivity contribution in [2.75, 3.05) is 0 Å². The van der Waals surface area contributed by atoms with E-state index >= 15 is 0 Å². The maximum Gasteiger partial charge on any atom is 0.333 e. The SMILES string of the molecule is C=C(C)C(=O)OC1(C2CCCC2)CCCC2(CCCC2)C1. The lowest BCUT2D eigenvalue weighted by Crippen LogP contribution is -2.48. The standard InChI is InChI=1S/C19H30O2/c1-15(2)17(20)21-19(16-8-3-4-9-16)13-7-12-18(14-19)10-5-6-11-18/h16H,1,3-14H2,2H3. The van der Waals surface area contributed by atoms with Crippen LogP contribution in [0.3, 0.4) is 0 Å². The summed E-state index contributed by atoms with van der Waals surface area (Å²) >= 11 is 0. The summed E-state index contributed by atoms with van der Waals surface area (Å²) in [6.45, 7) is 5.57. The molecule has 0 aromatic carbocycles. The normalized spacial score (nSPS) is 32.4. The van der Waals surface area contributed by atoms with Crippen LogP contribution in [-0.2, 0) is 9.53 Å². The summed E-state index contributed by atoms with van der Waals surface area (Å²) in [5.41, 5.74) is 0.865. The third-order valence-corrected chi connectivity index (χ3v) is 6.39. The molecule has 21 heavy (non-hydrogen) atoms. The average Bonchev–Trinajstić information content (AvgIpc) is 3.11. The fraction of sp³-hybridized carbons (Fsp3) is 0.842. The molecule has 3 aliphatic rings. The second-order valence-electron chi connectivity index (χ2n) is 7.95. The molecule has 0 heterocycles. The molecule has 0 radical (unpaired) electrons. The minimum atomic E-state index is -0.172. The number of hydrogen-bond donors (Lipinski definition) is 0. The van der Waals surface area contributed by atoms with Crippen LogP contribution < -0.4 is 0 Å². The first-order valence-corrected chi connectivity index (χ1v) is 8.94. The zero-order valence-electron chi connectivity index (χ0n) is 13.6. The largest absolute Gasteiger partial charge is 0.455 e. The van der Waals surface area contributed by atoms with Crippen LogP contribution in [-0.4, -0.2) is 11.6 Å². The van der Waals surface area contributed by atoms with E-state index < -0.39 is 0 Å². The van der Waals surface area contributed by atoms with Crippen LogP contribution in [0.4, 0.5) is 0 Å². The van der Waals surface area contributed by atoms with Gasteiger partial charge >= 0.3 is 5.97 Å². The van der Waals surface area contributed by atoms with Gasteiger partial charge in [0, 0.05) is 5.57 Å². The van der Waals surface area contributed by atoms with E-state index in [1.807, 2.05) is 0 Å². The van der Waals surface area contributed by atoms with E-state index in [1.165, 1.54) is 64.2 Å². The van der Waals surface area contributed by atoms with Gasteiger partial charge in [-0.25, -0.2) is 4.79 Å². The van der Waals surface area contributed by atoms with Crippen molar-refractivity contribution in [2.45, 2.75) is 89.6 Å². The molecule has 3 aliphatic carbocycles. The highest BCUT2D eigenvalue weighted by Crippen LogP contribution is 2.57. The first-order valence-electron chi connectivity index (χ1n) is 8.94. The summed E-state index contributed by atoms with van der Waals surface area (Å²) in [4.78, 5) is 12.3. The van der Waals surface area contributed by atoms with Gasteiger partial charge in [-0.2, -0.15) is 0 Å². The first-order chi connectivity index (χ1) is 10.1. The monoisotopic (exact) mass is 290 g/mol. The lowest BCUT2D eigenvalue weighted by Gasteiger charge is -2.49. The molecule has 0 bridgehead atoms. The predicted octanol–water partition coefficient (Wildman–Crippen LogP) is 5.17. The lowest BCUT2D eigenvalue weighted by molar-refractivity contribution is -0.173. The molecule has 2 heteroatoms. The molecular formula is C19H30O2. The third-order valence-electron chi connectivity index (χ3n) is 6.39. The van der Waals surface area contributed by atoms with Gasteiger partial charge in [0.15, 0.2) is 0 Å². The highest BCUT2D eigenvalue weighted by atomic mass is 16.6. The molecule has 3 rings (SSSR count). The number of rotatable bonds is 3. The van der Waals surface area contributed by atoms with Crippen LogP contribution in [0.5, 0.6) is 0 Å². The average molecular weight is 290 g/mol. The molecular weight excluding hydrogens is 260 g/mol. The number of carbonyl (C=O) groups is 1. The first kappa shape index (κ1) is 15.1. The van der Waals surface area contributed by atoms with Crippen molar-refractivity contribution >= 4 is 5.97 Å². The molecule has 1 atom stereocenters. The highest BCUT2D eigenvalue weighted by molar-refractivity contribution is 5.87. The third kappa shape index (κ3) is 2.91. The Morgan fingerprint density at radius 1 is 1.00 bits per heavy atom. The van der Waals surface area contributed by atoms with Crippen molar-refractivity contribution < 1.29 is 9.53 Å². The zero-order valence-corrected chi connectivity index (χ0v) is 13.6. The van der Waals surface area contributed by atoms with Gasteiger partial charge in [0.05, 0.1) is 0 Å². The molecule has 1 unspecified atom stereocenters. The minimum Gasteiger partial charge on any atom is -0.455 e. The molecule has 0 amide bonds. The summed E-state index contributed by atoms with van der Waals surface area (Å²) < 4.78 is 6.17. The van der Waals surface area contributed by atoms with Crippen molar-refractivity contribution in [3.8, 4) is 0 Å². The van der Waals surface area contributed by atoms with Gasteiger partial charge in [0.2, 0.25) is 0 Å². The summed E-state index contributed by atoms with van der Waals surface area (Å²) in [5, 5.41) is 0. The Morgan fingerprint density at radius 2 is 1.62 bits per heavy atom. The lowest BCUT2D eigenvalue weighted by atomic mass is 9.62. The van der Waals surface area contributed by atoms with Crippen molar-refractivity contribution in [3.63, 3.8) is 0 Å². The van der Waals surface area contributed by atoms with Gasteiger partial charge in [0.1, 0.15) is 5.60 Å². The number of ether oxygens (including phenoxy) is 1. The van der Waals surface area contributed by atoms with Crippen LogP contribution in [0.25, 0.3) is 0 Å². The Labute approximate surface area is 129 Å². The van der Waals surface area contributed by atoms with Gasteiger partial charge in [-0.15, -0.1) is 0 Å². The van der Waals surface area contributed by atoms with Crippen LogP contribution in [0.2, 0.25) is 0 Å².